The lowest BCUT2D eigenvalue weighted by Crippen LogP contribution is -2.28. The Balaban J connectivity index is 1.86. The molecule has 2 rings (SSSR count). The van der Waals surface area contributed by atoms with Gasteiger partial charge in [0, 0.05) is 6.54 Å². The first-order valence-electron chi connectivity index (χ1n) is 8.33. The highest BCUT2D eigenvalue weighted by atomic mass is 16.5. The fourth-order valence-corrected chi connectivity index (χ4v) is 2.24. The zero-order valence-electron chi connectivity index (χ0n) is 15.2. The molecule has 0 aliphatic rings. The average molecular weight is 357 g/mol. The van der Waals surface area contributed by atoms with Gasteiger partial charge in [-0.15, -0.1) is 0 Å². The molecule has 138 valence electrons. The molecule has 0 heterocycles. The van der Waals surface area contributed by atoms with Gasteiger partial charge in [0.1, 0.15) is 0 Å². The molecule has 26 heavy (non-hydrogen) atoms. The van der Waals surface area contributed by atoms with E-state index in [1.54, 1.807) is 12.1 Å². The summed E-state index contributed by atoms with van der Waals surface area (Å²) < 4.78 is 15.7. The lowest BCUT2D eigenvalue weighted by atomic mass is 10.1. The SMILES string of the molecule is CCOc1cc(C(=O)OCC(=O)NCc2ccc(C)cc2)ccc1OC. The van der Waals surface area contributed by atoms with E-state index in [0.29, 0.717) is 30.2 Å². The first-order chi connectivity index (χ1) is 12.5. The van der Waals surface area contributed by atoms with Crippen LogP contribution >= 0.6 is 0 Å². The average Bonchev–Trinajstić information content (AvgIpc) is 2.65. The second kappa shape index (κ2) is 9.46. The first-order valence-corrected chi connectivity index (χ1v) is 8.33. The highest BCUT2D eigenvalue weighted by molar-refractivity contribution is 5.92. The molecule has 1 N–H and O–H groups in total. The molecule has 2 aromatic carbocycles. The van der Waals surface area contributed by atoms with E-state index in [0.717, 1.165) is 11.1 Å². The van der Waals surface area contributed by atoms with E-state index in [2.05, 4.69) is 5.32 Å². The number of carbonyl (C=O) groups is 2. The maximum atomic E-state index is 12.1. The number of hydrogen-bond donors (Lipinski definition) is 1. The van der Waals surface area contributed by atoms with Crippen molar-refractivity contribution in [2.24, 2.45) is 0 Å². The number of carbonyl (C=O) groups excluding carboxylic acids is 2. The van der Waals surface area contributed by atoms with E-state index < -0.39 is 5.97 Å². The van der Waals surface area contributed by atoms with Crippen LogP contribution in [-0.4, -0.2) is 32.2 Å². The van der Waals surface area contributed by atoms with Gasteiger partial charge < -0.3 is 19.5 Å². The number of rotatable bonds is 8. The van der Waals surface area contributed by atoms with Gasteiger partial charge in [0.2, 0.25) is 0 Å². The van der Waals surface area contributed by atoms with Crippen LogP contribution in [0.3, 0.4) is 0 Å². The van der Waals surface area contributed by atoms with Crippen LogP contribution in [0.2, 0.25) is 0 Å². The highest BCUT2D eigenvalue weighted by Crippen LogP contribution is 2.28. The van der Waals surface area contributed by atoms with Crippen LogP contribution < -0.4 is 14.8 Å². The molecule has 0 bridgehead atoms. The minimum Gasteiger partial charge on any atom is -0.493 e. The summed E-state index contributed by atoms with van der Waals surface area (Å²) >= 11 is 0. The highest BCUT2D eigenvalue weighted by Gasteiger charge is 2.14. The van der Waals surface area contributed by atoms with Crippen LogP contribution in [0.5, 0.6) is 11.5 Å². The van der Waals surface area contributed by atoms with E-state index >= 15 is 0 Å². The van der Waals surface area contributed by atoms with Crippen LogP contribution in [0.15, 0.2) is 42.5 Å². The smallest absolute Gasteiger partial charge is 0.338 e. The quantitative estimate of drug-likeness (QED) is 0.736. The van der Waals surface area contributed by atoms with Gasteiger partial charge in [-0.25, -0.2) is 4.79 Å². The van der Waals surface area contributed by atoms with E-state index in [9.17, 15) is 9.59 Å². The largest absolute Gasteiger partial charge is 0.493 e. The number of benzene rings is 2. The summed E-state index contributed by atoms with van der Waals surface area (Å²) in [5.74, 6) is 0.0177. The number of esters is 1. The summed E-state index contributed by atoms with van der Waals surface area (Å²) in [6.07, 6.45) is 0. The molecule has 0 saturated heterocycles. The van der Waals surface area contributed by atoms with Gasteiger partial charge in [-0.3, -0.25) is 4.79 Å². The Labute approximate surface area is 153 Å². The summed E-state index contributed by atoms with van der Waals surface area (Å²) in [6.45, 7) is 4.31. The maximum absolute atomic E-state index is 12.1. The summed E-state index contributed by atoms with van der Waals surface area (Å²) in [6, 6.07) is 12.5. The molecule has 0 saturated carbocycles. The van der Waals surface area contributed by atoms with Crippen molar-refractivity contribution in [1.82, 2.24) is 5.32 Å². The van der Waals surface area contributed by atoms with Gasteiger partial charge in [0.15, 0.2) is 18.1 Å². The molecule has 0 unspecified atom stereocenters. The van der Waals surface area contributed by atoms with Crippen molar-refractivity contribution in [2.75, 3.05) is 20.3 Å². The van der Waals surface area contributed by atoms with Crippen molar-refractivity contribution in [2.45, 2.75) is 20.4 Å². The van der Waals surface area contributed by atoms with Crippen LogP contribution in [0.4, 0.5) is 0 Å². The van der Waals surface area contributed by atoms with Gasteiger partial charge in [0.25, 0.3) is 5.91 Å². The zero-order chi connectivity index (χ0) is 18.9. The maximum Gasteiger partial charge on any atom is 0.338 e. The lowest BCUT2D eigenvalue weighted by Gasteiger charge is -2.11. The molecule has 0 radical (unpaired) electrons. The van der Waals surface area contributed by atoms with E-state index in [-0.39, 0.29) is 12.5 Å². The summed E-state index contributed by atoms with van der Waals surface area (Å²) in [5, 5.41) is 2.71. The minimum absolute atomic E-state index is 0.292. The number of methoxy groups -OCH3 is 1. The van der Waals surface area contributed by atoms with Crippen molar-refractivity contribution >= 4 is 11.9 Å². The number of amides is 1. The molecule has 2 aromatic rings. The molecule has 0 aliphatic heterocycles. The van der Waals surface area contributed by atoms with Gasteiger partial charge in [-0.05, 0) is 37.6 Å². The third kappa shape index (κ3) is 5.51. The molecule has 0 spiro atoms. The van der Waals surface area contributed by atoms with E-state index in [1.165, 1.54) is 13.2 Å². The Morgan fingerprint density at radius 2 is 1.77 bits per heavy atom. The predicted octanol–water partition coefficient (Wildman–Crippen LogP) is 2.88. The van der Waals surface area contributed by atoms with Gasteiger partial charge in [0.05, 0.1) is 19.3 Å². The molecular weight excluding hydrogens is 334 g/mol. The van der Waals surface area contributed by atoms with E-state index in [1.807, 2.05) is 38.1 Å². The Hall–Kier alpha value is -3.02. The van der Waals surface area contributed by atoms with Gasteiger partial charge in [-0.1, -0.05) is 29.8 Å². The molecule has 0 aliphatic carbocycles. The molecule has 0 atom stereocenters. The van der Waals surface area contributed by atoms with Crippen molar-refractivity contribution in [1.29, 1.82) is 0 Å². The predicted molar refractivity (Wildman–Crippen MR) is 97.5 cm³/mol. The topological polar surface area (TPSA) is 73.9 Å². The van der Waals surface area contributed by atoms with Crippen LogP contribution in [0, 0.1) is 6.92 Å². The minimum atomic E-state index is -0.598. The lowest BCUT2D eigenvalue weighted by molar-refractivity contribution is -0.124. The Kier molecular flexibility index (Phi) is 7.02. The second-order valence-electron chi connectivity index (χ2n) is 5.64. The number of aryl methyl sites for hydroxylation is 1. The second-order valence-corrected chi connectivity index (χ2v) is 5.64. The number of nitrogens with one attached hydrogen (secondary N) is 1. The molecule has 1 amide bonds. The first kappa shape index (κ1) is 19.3. The fraction of sp³-hybridized carbons (Fsp3) is 0.300. The Bertz CT molecular complexity index is 755. The van der Waals surface area contributed by atoms with E-state index in [4.69, 9.17) is 14.2 Å². The molecular formula is C20H23NO5. The fourth-order valence-electron chi connectivity index (χ4n) is 2.24. The standard InChI is InChI=1S/C20H23NO5/c1-4-25-18-11-16(9-10-17(18)24-3)20(23)26-13-19(22)21-12-15-7-5-14(2)6-8-15/h5-11H,4,12-13H2,1-3H3,(H,21,22). The van der Waals surface area contributed by atoms with Crippen molar-refractivity contribution in [3.8, 4) is 11.5 Å². The number of ether oxygens (including phenoxy) is 3. The summed E-state index contributed by atoms with van der Waals surface area (Å²) in [4.78, 5) is 24.0. The zero-order valence-corrected chi connectivity index (χ0v) is 15.2. The third-order valence-electron chi connectivity index (χ3n) is 3.64. The molecule has 6 nitrogen and oxygen atoms in total. The van der Waals surface area contributed by atoms with Crippen molar-refractivity contribution in [3.63, 3.8) is 0 Å². The Morgan fingerprint density at radius 1 is 1.04 bits per heavy atom. The van der Waals surface area contributed by atoms with Crippen molar-refractivity contribution < 1.29 is 23.8 Å². The normalized spacial score (nSPS) is 10.1. The van der Waals surface area contributed by atoms with Crippen LogP contribution in [0.1, 0.15) is 28.4 Å². The van der Waals surface area contributed by atoms with Crippen LogP contribution in [-0.2, 0) is 16.1 Å². The third-order valence-corrected chi connectivity index (χ3v) is 3.64. The van der Waals surface area contributed by atoms with Gasteiger partial charge in [-0.2, -0.15) is 0 Å². The van der Waals surface area contributed by atoms with Gasteiger partial charge >= 0.3 is 5.97 Å². The summed E-state index contributed by atoms with van der Waals surface area (Å²) in [5.41, 5.74) is 2.42. The summed E-state index contributed by atoms with van der Waals surface area (Å²) in [7, 11) is 1.52. The number of hydrogen-bond acceptors (Lipinski definition) is 5. The van der Waals surface area contributed by atoms with Crippen LogP contribution in [0.25, 0.3) is 0 Å². The van der Waals surface area contributed by atoms with Crippen molar-refractivity contribution in [3.05, 3.63) is 59.2 Å². The Morgan fingerprint density at radius 3 is 2.42 bits per heavy atom. The molecule has 0 fully saturated rings. The molecule has 0 aromatic heterocycles. The monoisotopic (exact) mass is 357 g/mol. The molecule has 6 heteroatoms.